The SMILES string of the molecule is c1ccc(-c2cc(-c3ccccc3)nc(N3c4cc5ncn(-c6ccccc6)c5cc4N(c4nc(-c5ccccc5)cc(-c5ccccc5)n4)C3(c3ccccc3)c3ccccc3)n2)cc1. The fraction of sp³-hybridized carbons (Fsp3) is 0.0172. The molecular weight excluding hydrogens is 809 g/mol. The van der Waals surface area contributed by atoms with E-state index in [9.17, 15) is 0 Å². The van der Waals surface area contributed by atoms with E-state index in [2.05, 4.69) is 160 Å². The lowest BCUT2D eigenvalue weighted by atomic mass is 9.88. The molecule has 0 saturated carbocycles. The van der Waals surface area contributed by atoms with Crippen LogP contribution in [-0.2, 0) is 5.66 Å². The zero-order valence-corrected chi connectivity index (χ0v) is 35.7. The molecule has 8 heteroatoms. The summed E-state index contributed by atoms with van der Waals surface area (Å²) in [6.07, 6.45) is 1.89. The van der Waals surface area contributed by atoms with E-state index in [1.165, 1.54) is 0 Å². The Bertz CT molecular complexity index is 3310. The van der Waals surface area contributed by atoms with Gasteiger partial charge < -0.3 is 0 Å². The Morgan fingerprint density at radius 1 is 0.333 bits per heavy atom. The lowest BCUT2D eigenvalue weighted by Crippen LogP contribution is -2.52. The molecule has 0 saturated heterocycles. The molecule has 0 unspecified atom stereocenters. The molecule has 1 aliphatic rings. The summed E-state index contributed by atoms with van der Waals surface area (Å²) in [7, 11) is 0. The minimum atomic E-state index is -1.21. The summed E-state index contributed by atoms with van der Waals surface area (Å²) >= 11 is 0. The topological polar surface area (TPSA) is 75.9 Å². The summed E-state index contributed by atoms with van der Waals surface area (Å²) < 4.78 is 2.14. The largest absolute Gasteiger partial charge is 0.299 e. The molecule has 0 atom stereocenters. The fourth-order valence-electron chi connectivity index (χ4n) is 9.26. The van der Waals surface area contributed by atoms with Gasteiger partial charge in [-0.05, 0) is 36.4 Å². The van der Waals surface area contributed by atoms with Gasteiger partial charge in [0.2, 0.25) is 11.9 Å². The molecule has 11 aromatic rings. The standard InChI is InChI=1S/C58H40N8/c1-8-22-41(23-9-1)48-36-49(42-24-10-2-11-25-42)61-56(60-48)65-54-38-52-53(64(40-59-52)47-34-20-7-21-35-47)39-55(54)66(58(65,45-30-16-5-17-31-45)46-32-18-6-19-33-46)57-62-50(43-26-12-3-13-27-43)37-51(63-57)44-28-14-4-15-29-44/h1-40H. The van der Waals surface area contributed by atoms with Crippen LogP contribution < -0.4 is 9.80 Å². The summed E-state index contributed by atoms with van der Waals surface area (Å²) in [6.45, 7) is 0. The van der Waals surface area contributed by atoms with Crippen LogP contribution in [0, 0.1) is 0 Å². The van der Waals surface area contributed by atoms with Crippen molar-refractivity contribution in [1.82, 2.24) is 29.5 Å². The highest BCUT2D eigenvalue weighted by atomic mass is 15.5. The molecule has 1 aliphatic heterocycles. The molecule has 0 N–H and O–H groups in total. The molecule has 3 aromatic heterocycles. The normalized spacial score (nSPS) is 12.9. The number of nitrogens with zero attached hydrogens (tertiary/aromatic N) is 8. The maximum atomic E-state index is 5.59. The van der Waals surface area contributed by atoms with Gasteiger partial charge in [0.25, 0.3) is 0 Å². The number of aromatic nitrogens is 6. The molecule has 0 radical (unpaired) electrons. The van der Waals surface area contributed by atoms with E-state index in [1.54, 1.807) is 0 Å². The average molecular weight is 849 g/mol. The minimum Gasteiger partial charge on any atom is -0.299 e. The number of fused-ring (bicyclic) bond motifs is 2. The third kappa shape index (κ3) is 6.59. The van der Waals surface area contributed by atoms with Crippen molar-refractivity contribution in [1.29, 1.82) is 0 Å². The third-order valence-corrected chi connectivity index (χ3v) is 12.3. The first-order chi connectivity index (χ1) is 32.7. The van der Waals surface area contributed by atoms with Crippen LogP contribution in [0.15, 0.2) is 243 Å². The second kappa shape index (κ2) is 16.3. The molecule has 312 valence electrons. The predicted molar refractivity (Wildman–Crippen MR) is 265 cm³/mol. The number of anilines is 4. The highest BCUT2D eigenvalue weighted by Gasteiger charge is 2.56. The van der Waals surface area contributed by atoms with E-state index in [1.807, 2.05) is 97.3 Å². The van der Waals surface area contributed by atoms with Crippen LogP contribution in [0.2, 0.25) is 0 Å². The summed E-state index contributed by atoms with van der Waals surface area (Å²) in [5.41, 5.74) is 12.2. The number of benzene rings is 8. The summed E-state index contributed by atoms with van der Waals surface area (Å²) in [5, 5.41) is 0. The Kier molecular flexibility index (Phi) is 9.53. The van der Waals surface area contributed by atoms with Crippen molar-refractivity contribution >= 4 is 34.3 Å². The van der Waals surface area contributed by atoms with Crippen LogP contribution in [0.5, 0.6) is 0 Å². The number of hydrogen-bond donors (Lipinski definition) is 0. The first-order valence-corrected chi connectivity index (χ1v) is 22.0. The van der Waals surface area contributed by atoms with Crippen LogP contribution in [0.1, 0.15) is 11.1 Å². The molecule has 0 fully saturated rings. The first kappa shape index (κ1) is 38.6. The minimum absolute atomic E-state index is 0.496. The highest BCUT2D eigenvalue weighted by molar-refractivity contribution is 5.99. The fourth-order valence-corrected chi connectivity index (χ4v) is 9.26. The van der Waals surface area contributed by atoms with E-state index >= 15 is 0 Å². The van der Waals surface area contributed by atoms with E-state index in [0.29, 0.717) is 11.9 Å². The van der Waals surface area contributed by atoms with Crippen LogP contribution in [0.25, 0.3) is 61.8 Å². The smallest absolute Gasteiger partial charge is 0.233 e. The summed E-state index contributed by atoms with van der Waals surface area (Å²) in [6, 6.07) is 81.4. The Morgan fingerprint density at radius 2 is 0.667 bits per heavy atom. The summed E-state index contributed by atoms with van der Waals surface area (Å²) in [5.74, 6) is 0.996. The molecule has 12 rings (SSSR count). The van der Waals surface area contributed by atoms with Gasteiger partial charge >= 0.3 is 0 Å². The lowest BCUT2D eigenvalue weighted by molar-refractivity contribution is 0.542. The number of hydrogen-bond acceptors (Lipinski definition) is 7. The second-order valence-electron chi connectivity index (χ2n) is 16.2. The molecule has 0 spiro atoms. The van der Waals surface area contributed by atoms with Gasteiger partial charge in [0, 0.05) is 39.1 Å². The molecule has 0 aliphatic carbocycles. The summed E-state index contributed by atoms with van der Waals surface area (Å²) in [4.78, 5) is 32.0. The lowest BCUT2D eigenvalue weighted by Gasteiger charge is -2.45. The number of para-hydroxylation sites is 1. The molecule has 0 amide bonds. The monoisotopic (exact) mass is 848 g/mol. The van der Waals surface area contributed by atoms with Gasteiger partial charge in [-0.25, -0.2) is 24.9 Å². The van der Waals surface area contributed by atoms with Crippen molar-refractivity contribution in [3.05, 3.63) is 254 Å². The van der Waals surface area contributed by atoms with Crippen molar-refractivity contribution in [2.24, 2.45) is 0 Å². The zero-order valence-electron chi connectivity index (χ0n) is 35.7. The van der Waals surface area contributed by atoms with Crippen molar-refractivity contribution in [3.8, 4) is 50.7 Å². The van der Waals surface area contributed by atoms with Crippen LogP contribution in [-0.4, -0.2) is 29.5 Å². The van der Waals surface area contributed by atoms with Gasteiger partial charge in [-0.1, -0.05) is 200 Å². The molecule has 8 aromatic carbocycles. The maximum Gasteiger partial charge on any atom is 0.233 e. The highest BCUT2D eigenvalue weighted by Crippen LogP contribution is 2.59. The van der Waals surface area contributed by atoms with Crippen molar-refractivity contribution in [2.45, 2.75) is 5.66 Å². The first-order valence-electron chi connectivity index (χ1n) is 22.0. The van der Waals surface area contributed by atoms with E-state index in [0.717, 1.165) is 84.3 Å². The van der Waals surface area contributed by atoms with E-state index in [-0.39, 0.29) is 0 Å². The maximum absolute atomic E-state index is 5.59. The Balaban J connectivity index is 1.24. The molecule has 8 nitrogen and oxygen atoms in total. The predicted octanol–water partition coefficient (Wildman–Crippen LogP) is 13.5. The second-order valence-corrected chi connectivity index (χ2v) is 16.2. The molecule has 66 heavy (non-hydrogen) atoms. The molecular formula is C58H40N8. The Morgan fingerprint density at radius 3 is 1.05 bits per heavy atom. The van der Waals surface area contributed by atoms with Gasteiger partial charge in [0.05, 0.1) is 45.2 Å². The van der Waals surface area contributed by atoms with Gasteiger partial charge in [0.15, 0.2) is 5.66 Å². The van der Waals surface area contributed by atoms with Gasteiger partial charge in [-0.2, -0.15) is 0 Å². The van der Waals surface area contributed by atoms with Crippen LogP contribution in [0.3, 0.4) is 0 Å². The van der Waals surface area contributed by atoms with Crippen LogP contribution >= 0.6 is 0 Å². The Hall–Kier alpha value is -9.01. The van der Waals surface area contributed by atoms with Crippen LogP contribution in [0.4, 0.5) is 23.3 Å². The van der Waals surface area contributed by atoms with Gasteiger partial charge in [-0.15, -0.1) is 0 Å². The van der Waals surface area contributed by atoms with E-state index < -0.39 is 5.66 Å². The van der Waals surface area contributed by atoms with Crippen molar-refractivity contribution in [2.75, 3.05) is 9.80 Å². The van der Waals surface area contributed by atoms with E-state index in [4.69, 9.17) is 24.9 Å². The molecule has 4 heterocycles. The average Bonchev–Trinajstić information content (AvgIpc) is 3.96. The van der Waals surface area contributed by atoms with Crippen molar-refractivity contribution < 1.29 is 0 Å². The quantitative estimate of drug-likeness (QED) is 0.143. The third-order valence-electron chi connectivity index (χ3n) is 12.3. The number of rotatable bonds is 9. The zero-order chi connectivity index (χ0) is 43.9. The van der Waals surface area contributed by atoms with Gasteiger partial charge in [-0.3, -0.25) is 14.4 Å². The van der Waals surface area contributed by atoms with Crippen molar-refractivity contribution in [3.63, 3.8) is 0 Å². The van der Waals surface area contributed by atoms with Gasteiger partial charge in [0.1, 0.15) is 6.33 Å². The Labute approximate surface area is 382 Å². The number of imidazole rings is 1. The molecule has 0 bridgehead atoms.